The molecular formula is C32H45N5O2SSi. The molecule has 0 saturated carbocycles. The van der Waals surface area contributed by atoms with Crippen molar-refractivity contribution in [2.45, 2.75) is 96.8 Å². The summed E-state index contributed by atoms with van der Waals surface area (Å²) in [7, 11) is -1.89. The van der Waals surface area contributed by atoms with Crippen LogP contribution in [0, 0.1) is 0 Å². The third kappa shape index (κ3) is 7.45. The number of fused-ring (bicyclic) bond motifs is 1. The second-order valence-corrected chi connectivity index (χ2v) is 20.0. The Morgan fingerprint density at radius 1 is 1.05 bits per heavy atom. The number of nitrogens with zero attached hydrogens (tertiary/aromatic N) is 4. The van der Waals surface area contributed by atoms with Gasteiger partial charge < -0.3 is 8.98 Å². The molecule has 1 aromatic carbocycles. The van der Waals surface area contributed by atoms with E-state index in [-0.39, 0.29) is 15.8 Å². The fourth-order valence-electron chi connectivity index (χ4n) is 4.21. The second kappa shape index (κ2) is 12.4. The molecule has 0 aliphatic rings. The van der Waals surface area contributed by atoms with Gasteiger partial charge in [-0.2, -0.15) is 5.10 Å². The summed E-state index contributed by atoms with van der Waals surface area (Å²) in [5.41, 5.74) is 4.79. The van der Waals surface area contributed by atoms with E-state index in [1.807, 2.05) is 62.1 Å². The molecule has 0 fully saturated rings. The third-order valence-electron chi connectivity index (χ3n) is 7.83. The van der Waals surface area contributed by atoms with Crippen LogP contribution in [0.15, 0.2) is 60.9 Å². The van der Waals surface area contributed by atoms with Crippen LogP contribution in [0.1, 0.15) is 78.6 Å². The molecule has 220 valence electrons. The summed E-state index contributed by atoms with van der Waals surface area (Å²) in [4.78, 5) is 9.60. The molecule has 0 spiro atoms. The fraction of sp³-hybridized carbons (Fsp3) is 0.469. The summed E-state index contributed by atoms with van der Waals surface area (Å²) in [6, 6.07) is 16.4. The molecular weight excluding hydrogens is 547 g/mol. The number of aromatic nitrogens is 4. The van der Waals surface area contributed by atoms with Gasteiger partial charge in [0, 0.05) is 28.5 Å². The summed E-state index contributed by atoms with van der Waals surface area (Å²) < 4.78 is 24.2. The van der Waals surface area contributed by atoms with Crippen molar-refractivity contribution >= 4 is 30.6 Å². The molecule has 0 aliphatic carbocycles. The van der Waals surface area contributed by atoms with Crippen LogP contribution in [0.5, 0.6) is 0 Å². The van der Waals surface area contributed by atoms with Crippen LogP contribution < -0.4 is 4.72 Å². The van der Waals surface area contributed by atoms with Crippen LogP contribution in [0.4, 0.5) is 0 Å². The van der Waals surface area contributed by atoms with Crippen molar-refractivity contribution in [3.63, 3.8) is 0 Å². The third-order valence-corrected chi connectivity index (χ3v) is 13.9. The van der Waals surface area contributed by atoms with E-state index in [2.05, 4.69) is 74.9 Å². The van der Waals surface area contributed by atoms with E-state index in [0.29, 0.717) is 6.61 Å². The first-order valence-electron chi connectivity index (χ1n) is 14.4. The summed E-state index contributed by atoms with van der Waals surface area (Å²) in [5, 5.41) is 5.84. The molecule has 0 radical (unpaired) electrons. The minimum absolute atomic E-state index is 0.0171. The molecule has 3 heterocycles. The van der Waals surface area contributed by atoms with Crippen molar-refractivity contribution in [2.24, 2.45) is 0 Å². The highest BCUT2D eigenvalue weighted by Crippen LogP contribution is 2.37. The number of hydrogen-bond acceptors (Lipinski definition) is 6. The Morgan fingerprint density at radius 2 is 1.80 bits per heavy atom. The smallest absolute Gasteiger partial charge is 0.192 e. The average Bonchev–Trinajstić information content (AvgIpc) is 3.34. The van der Waals surface area contributed by atoms with E-state index in [1.54, 1.807) is 0 Å². The Hall–Kier alpha value is -2.56. The Bertz CT molecular complexity index is 1470. The Kier molecular flexibility index (Phi) is 9.45. The number of benzene rings is 1. The number of pyridine rings is 2. The SMILES string of the molecule is CCC[C@H](N[S+]([O-])C(C)(C)C)c1ccnc(-c2ccc3cnn(-c4cccc(CO[Si](C)(C)C(C)(C)C)n4)c3c2)c1. The molecule has 0 saturated heterocycles. The van der Waals surface area contributed by atoms with Crippen molar-refractivity contribution in [1.29, 1.82) is 0 Å². The van der Waals surface area contributed by atoms with E-state index >= 15 is 0 Å². The van der Waals surface area contributed by atoms with Gasteiger partial charge in [-0.3, -0.25) is 4.98 Å². The van der Waals surface area contributed by atoms with Crippen molar-refractivity contribution < 1.29 is 8.98 Å². The van der Waals surface area contributed by atoms with Crippen LogP contribution in [0.3, 0.4) is 0 Å². The fourth-order valence-corrected chi connectivity index (χ4v) is 6.01. The lowest BCUT2D eigenvalue weighted by Crippen LogP contribution is -2.41. The van der Waals surface area contributed by atoms with Gasteiger partial charge in [-0.25, -0.2) is 9.67 Å². The van der Waals surface area contributed by atoms with Crippen molar-refractivity contribution in [3.05, 3.63) is 72.2 Å². The number of rotatable bonds is 10. The molecule has 1 N–H and O–H groups in total. The van der Waals surface area contributed by atoms with Crippen LogP contribution in [0.2, 0.25) is 18.1 Å². The monoisotopic (exact) mass is 591 g/mol. The lowest BCUT2D eigenvalue weighted by atomic mass is 10.0. The van der Waals surface area contributed by atoms with E-state index < -0.39 is 19.7 Å². The highest BCUT2D eigenvalue weighted by Gasteiger charge is 2.37. The molecule has 0 bridgehead atoms. The first kappa shape index (κ1) is 31.4. The maximum absolute atomic E-state index is 12.9. The Labute approximate surface area is 249 Å². The van der Waals surface area contributed by atoms with Crippen molar-refractivity contribution in [2.75, 3.05) is 0 Å². The topological polar surface area (TPSA) is 87.9 Å². The molecule has 3 aromatic heterocycles. The Morgan fingerprint density at radius 3 is 2.49 bits per heavy atom. The molecule has 4 rings (SSSR count). The lowest BCUT2D eigenvalue weighted by molar-refractivity contribution is 0.272. The number of nitrogens with one attached hydrogen (secondary N) is 1. The maximum atomic E-state index is 12.9. The van der Waals surface area contributed by atoms with Gasteiger partial charge in [0.05, 0.1) is 35.8 Å². The van der Waals surface area contributed by atoms with Crippen molar-refractivity contribution in [1.82, 2.24) is 24.5 Å². The van der Waals surface area contributed by atoms with Gasteiger partial charge in [-0.05, 0) is 81.2 Å². The van der Waals surface area contributed by atoms with Gasteiger partial charge in [-0.15, -0.1) is 4.72 Å². The zero-order valence-electron chi connectivity index (χ0n) is 26.0. The van der Waals surface area contributed by atoms with Crippen LogP contribution >= 0.6 is 0 Å². The normalized spacial score (nSPS) is 14.4. The quantitative estimate of drug-likeness (QED) is 0.149. The minimum Gasteiger partial charge on any atom is -0.598 e. The van der Waals surface area contributed by atoms with Crippen molar-refractivity contribution in [3.8, 4) is 17.1 Å². The van der Waals surface area contributed by atoms with E-state index in [9.17, 15) is 4.55 Å². The summed E-state index contributed by atoms with van der Waals surface area (Å²) >= 11 is -1.17. The first-order chi connectivity index (χ1) is 19.2. The largest absolute Gasteiger partial charge is 0.598 e. The maximum Gasteiger partial charge on any atom is 0.192 e. The van der Waals surface area contributed by atoms with E-state index in [1.165, 1.54) is 0 Å². The summed E-state index contributed by atoms with van der Waals surface area (Å²) in [6.45, 7) is 19.8. The van der Waals surface area contributed by atoms with Gasteiger partial charge in [0.15, 0.2) is 14.1 Å². The van der Waals surface area contributed by atoms with Gasteiger partial charge >= 0.3 is 0 Å². The highest BCUT2D eigenvalue weighted by atomic mass is 32.2. The molecule has 9 heteroatoms. The summed E-state index contributed by atoms with van der Waals surface area (Å²) in [6.07, 6.45) is 5.57. The molecule has 0 aliphatic heterocycles. The molecule has 41 heavy (non-hydrogen) atoms. The second-order valence-electron chi connectivity index (χ2n) is 13.2. The standard InChI is InChI=1S/C32H45N5O2SSi/c1-10-12-27(36-40(38)31(2,3)4)24-17-18-33-28(19-24)23-15-16-25-21-34-37(29(25)20-23)30-14-11-13-26(35-30)22-39-41(8,9)32(5,6)7/h11,13-21,27,36H,10,12,22H2,1-9H3/t27-,40?/m0/s1. The van der Waals surface area contributed by atoms with Gasteiger partial charge in [0.25, 0.3) is 0 Å². The molecule has 0 amide bonds. The van der Waals surface area contributed by atoms with Crippen LogP contribution in [-0.2, 0) is 22.4 Å². The lowest BCUT2D eigenvalue weighted by Gasteiger charge is -2.36. The molecule has 4 aromatic rings. The first-order valence-corrected chi connectivity index (χ1v) is 18.5. The predicted molar refractivity (Wildman–Crippen MR) is 173 cm³/mol. The number of hydrogen-bond donors (Lipinski definition) is 1. The minimum atomic E-state index is -1.89. The zero-order valence-corrected chi connectivity index (χ0v) is 27.8. The average molecular weight is 592 g/mol. The predicted octanol–water partition coefficient (Wildman–Crippen LogP) is 7.90. The summed E-state index contributed by atoms with van der Waals surface area (Å²) in [5.74, 6) is 0.757. The van der Waals surface area contributed by atoms with E-state index in [4.69, 9.17) is 14.4 Å². The zero-order chi connectivity index (χ0) is 30.0. The highest BCUT2D eigenvalue weighted by molar-refractivity contribution is 7.90. The van der Waals surface area contributed by atoms with Crippen LogP contribution in [0.25, 0.3) is 28.0 Å². The van der Waals surface area contributed by atoms with Gasteiger partial charge in [0.1, 0.15) is 4.75 Å². The van der Waals surface area contributed by atoms with Gasteiger partial charge in [-0.1, -0.05) is 52.3 Å². The molecule has 2 atom stereocenters. The Balaban J connectivity index is 1.63. The van der Waals surface area contributed by atoms with E-state index in [0.717, 1.165) is 52.1 Å². The molecule has 1 unspecified atom stereocenters. The van der Waals surface area contributed by atoms with Gasteiger partial charge in [0.2, 0.25) is 0 Å². The molecule has 7 nitrogen and oxygen atoms in total. The van der Waals surface area contributed by atoms with Crippen LogP contribution in [-0.4, -0.2) is 37.4 Å².